The quantitative estimate of drug-likeness (QED) is 0.478. The molecular weight excluding hydrogens is 264 g/mol. The van der Waals surface area contributed by atoms with Crippen LogP contribution in [0.2, 0.25) is 0 Å². The highest BCUT2D eigenvalue weighted by Gasteiger charge is 2.29. The molecular formula is C12H12N4O4. The number of morpholine rings is 1. The predicted molar refractivity (Wildman–Crippen MR) is 68.8 cm³/mol. The van der Waals surface area contributed by atoms with Crippen molar-refractivity contribution >= 4 is 17.3 Å². The van der Waals surface area contributed by atoms with Crippen molar-refractivity contribution in [3.63, 3.8) is 0 Å². The molecule has 1 aliphatic heterocycles. The maximum absolute atomic E-state index is 12.3. The zero-order valence-corrected chi connectivity index (χ0v) is 10.5. The van der Waals surface area contributed by atoms with Crippen LogP contribution in [0.3, 0.4) is 0 Å². The van der Waals surface area contributed by atoms with E-state index in [2.05, 4.69) is 0 Å². The van der Waals surface area contributed by atoms with Crippen LogP contribution in [0, 0.1) is 21.4 Å². The lowest BCUT2D eigenvalue weighted by molar-refractivity contribution is -0.385. The first-order chi connectivity index (χ1) is 9.52. The van der Waals surface area contributed by atoms with E-state index in [1.807, 2.05) is 6.07 Å². The molecule has 2 N–H and O–H groups in total. The van der Waals surface area contributed by atoms with Gasteiger partial charge in [-0.25, -0.2) is 0 Å². The second kappa shape index (κ2) is 5.54. The highest BCUT2D eigenvalue weighted by atomic mass is 16.6. The Hall–Kier alpha value is -2.66. The fourth-order valence-electron chi connectivity index (χ4n) is 1.97. The number of nitro benzene ring substituents is 1. The zero-order valence-electron chi connectivity index (χ0n) is 10.5. The molecule has 1 amide bonds. The van der Waals surface area contributed by atoms with E-state index in [1.165, 1.54) is 23.1 Å². The van der Waals surface area contributed by atoms with Gasteiger partial charge in [0.15, 0.2) is 6.10 Å². The second-order valence-corrected chi connectivity index (χ2v) is 4.27. The third-order valence-electron chi connectivity index (χ3n) is 2.95. The van der Waals surface area contributed by atoms with Gasteiger partial charge in [0.05, 0.1) is 24.1 Å². The van der Waals surface area contributed by atoms with E-state index < -0.39 is 16.9 Å². The largest absolute Gasteiger partial charge is 0.399 e. The lowest BCUT2D eigenvalue weighted by Crippen LogP contribution is -2.45. The molecule has 8 nitrogen and oxygen atoms in total. The number of nitrogen functional groups attached to an aromatic ring is 1. The summed E-state index contributed by atoms with van der Waals surface area (Å²) < 4.78 is 5.13. The van der Waals surface area contributed by atoms with Crippen molar-refractivity contribution in [3.8, 4) is 6.07 Å². The molecule has 2 rings (SSSR count). The predicted octanol–water partition coefficient (Wildman–Crippen LogP) is 0.542. The Kier molecular flexibility index (Phi) is 3.81. The maximum atomic E-state index is 12.3. The van der Waals surface area contributed by atoms with Gasteiger partial charge in [-0.1, -0.05) is 0 Å². The van der Waals surface area contributed by atoms with Gasteiger partial charge in [0.2, 0.25) is 0 Å². The number of hydrogen-bond donors (Lipinski definition) is 1. The number of ether oxygens (including phenoxy) is 1. The van der Waals surface area contributed by atoms with Crippen LogP contribution >= 0.6 is 0 Å². The van der Waals surface area contributed by atoms with Gasteiger partial charge in [-0.05, 0) is 12.1 Å². The molecule has 0 spiro atoms. The van der Waals surface area contributed by atoms with Crippen molar-refractivity contribution in [2.45, 2.75) is 6.10 Å². The number of rotatable bonds is 2. The minimum absolute atomic E-state index is 0.0754. The van der Waals surface area contributed by atoms with Gasteiger partial charge in [0.1, 0.15) is 5.56 Å². The molecule has 0 saturated carbocycles. The molecule has 20 heavy (non-hydrogen) atoms. The molecule has 1 fully saturated rings. The van der Waals surface area contributed by atoms with Gasteiger partial charge in [0, 0.05) is 18.3 Å². The summed E-state index contributed by atoms with van der Waals surface area (Å²) in [7, 11) is 0. The van der Waals surface area contributed by atoms with Crippen LogP contribution in [-0.2, 0) is 4.74 Å². The Morgan fingerprint density at radius 2 is 2.35 bits per heavy atom. The summed E-state index contributed by atoms with van der Waals surface area (Å²) >= 11 is 0. The van der Waals surface area contributed by atoms with Crippen molar-refractivity contribution in [2.24, 2.45) is 0 Å². The fourth-order valence-corrected chi connectivity index (χ4v) is 1.97. The van der Waals surface area contributed by atoms with Crippen molar-refractivity contribution < 1.29 is 14.5 Å². The summed E-state index contributed by atoms with van der Waals surface area (Å²) in [5.74, 6) is -0.521. The summed E-state index contributed by atoms with van der Waals surface area (Å²) in [5, 5.41) is 19.8. The highest BCUT2D eigenvalue weighted by Crippen LogP contribution is 2.23. The summed E-state index contributed by atoms with van der Waals surface area (Å²) in [6.45, 7) is 0.588. The molecule has 1 saturated heterocycles. The molecule has 1 aromatic rings. The van der Waals surface area contributed by atoms with Gasteiger partial charge in [0.25, 0.3) is 11.6 Å². The SMILES string of the molecule is N#CC1CN(C(=O)c2cc(N)ccc2[N+](=O)[O-])CCO1. The molecule has 0 bridgehead atoms. The number of nitrogens with two attached hydrogens (primary N) is 1. The second-order valence-electron chi connectivity index (χ2n) is 4.27. The molecule has 8 heteroatoms. The van der Waals surface area contributed by atoms with Crippen LogP contribution in [0.15, 0.2) is 18.2 Å². The van der Waals surface area contributed by atoms with E-state index in [9.17, 15) is 14.9 Å². The Balaban J connectivity index is 2.31. The number of amides is 1. The van der Waals surface area contributed by atoms with E-state index in [-0.39, 0.29) is 36.6 Å². The summed E-state index contributed by atoms with van der Waals surface area (Å²) in [5.41, 5.74) is 5.47. The number of nitro groups is 1. The van der Waals surface area contributed by atoms with Crippen LogP contribution in [0.4, 0.5) is 11.4 Å². The lowest BCUT2D eigenvalue weighted by Gasteiger charge is -2.29. The van der Waals surface area contributed by atoms with E-state index in [1.54, 1.807) is 0 Å². The molecule has 1 aliphatic rings. The van der Waals surface area contributed by atoms with E-state index >= 15 is 0 Å². The van der Waals surface area contributed by atoms with Crippen molar-refractivity contribution in [2.75, 3.05) is 25.4 Å². The van der Waals surface area contributed by atoms with Crippen molar-refractivity contribution in [1.82, 2.24) is 4.90 Å². The zero-order chi connectivity index (χ0) is 14.7. The van der Waals surface area contributed by atoms with Gasteiger partial charge in [-0.2, -0.15) is 5.26 Å². The normalized spacial score (nSPS) is 18.4. The summed E-state index contributed by atoms with van der Waals surface area (Å²) in [6.07, 6.45) is -0.715. The number of carbonyl (C=O) groups is 1. The Morgan fingerprint density at radius 3 is 3.00 bits per heavy atom. The lowest BCUT2D eigenvalue weighted by atomic mass is 10.1. The van der Waals surface area contributed by atoms with Crippen LogP contribution in [0.5, 0.6) is 0 Å². The van der Waals surface area contributed by atoms with Gasteiger partial charge >= 0.3 is 0 Å². The van der Waals surface area contributed by atoms with Crippen LogP contribution < -0.4 is 5.73 Å². The molecule has 0 aromatic heterocycles. The molecule has 0 radical (unpaired) electrons. The number of anilines is 1. The number of benzene rings is 1. The third-order valence-corrected chi connectivity index (χ3v) is 2.95. The molecule has 1 heterocycles. The van der Waals surface area contributed by atoms with E-state index in [4.69, 9.17) is 15.7 Å². The minimum Gasteiger partial charge on any atom is -0.399 e. The molecule has 104 valence electrons. The van der Waals surface area contributed by atoms with E-state index in [0.29, 0.717) is 0 Å². The van der Waals surface area contributed by atoms with Crippen LogP contribution in [0.1, 0.15) is 10.4 Å². The first-order valence-corrected chi connectivity index (χ1v) is 5.87. The summed E-state index contributed by atoms with van der Waals surface area (Å²) in [4.78, 5) is 24.0. The standard InChI is InChI=1S/C12H12N4O4/c13-6-9-7-15(3-4-20-9)12(17)10-5-8(14)1-2-11(10)16(18)19/h1-2,5,9H,3-4,7,14H2. The maximum Gasteiger partial charge on any atom is 0.282 e. The summed E-state index contributed by atoms with van der Waals surface area (Å²) in [6, 6.07) is 5.76. The molecule has 1 atom stereocenters. The number of nitriles is 1. The smallest absolute Gasteiger partial charge is 0.282 e. The molecule has 1 unspecified atom stereocenters. The number of nitrogens with zero attached hydrogens (tertiary/aromatic N) is 3. The molecule has 1 aromatic carbocycles. The number of hydrogen-bond acceptors (Lipinski definition) is 6. The minimum atomic E-state index is -0.715. The first-order valence-electron chi connectivity index (χ1n) is 5.87. The Labute approximate surface area is 114 Å². The fraction of sp³-hybridized carbons (Fsp3) is 0.333. The topological polar surface area (TPSA) is 122 Å². The Morgan fingerprint density at radius 1 is 1.60 bits per heavy atom. The monoisotopic (exact) mass is 276 g/mol. The highest BCUT2D eigenvalue weighted by molar-refractivity contribution is 5.99. The van der Waals surface area contributed by atoms with Gasteiger partial charge in [-0.3, -0.25) is 14.9 Å². The van der Waals surface area contributed by atoms with Crippen molar-refractivity contribution in [3.05, 3.63) is 33.9 Å². The Bertz CT molecular complexity index is 596. The van der Waals surface area contributed by atoms with Crippen LogP contribution in [-0.4, -0.2) is 41.5 Å². The first kappa shape index (κ1) is 13.8. The van der Waals surface area contributed by atoms with Gasteiger partial charge in [-0.15, -0.1) is 0 Å². The average molecular weight is 276 g/mol. The van der Waals surface area contributed by atoms with Crippen LogP contribution in [0.25, 0.3) is 0 Å². The van der Waals surface area contributed by atoms with Crippen molar-refractivity contribution in [1.29, 1.82) is 5.26 Å². The third kappa shape index (κ3) is 2.67. The van der Waals surface area contributed by atoms with Gasteiger partial charge < -0.3 is 15.4 Å². The van der Waals surface area contributed by atoms with E-state index in [0.717, 1.165) is 0 Å². The molecule has 0 aliphatic carbocycles. The average Bonchev–Trinajstić information content (AvgIpc) is 2.46. The number of carbonyl (C=O) groups excluding carboxylic acids is 1.